The molecule has 2 aromatic heterocycles. The van der Waals surface area contributed by atoms with Crippen molar-refractivity contribution in [2.45, 2.75) is 25.8 Å². The maximum atomic E-state index is 12.1. The van der Waals surface area contributed by atoms with Crippen LogP contribution in [-0.4, -0.2) is 10.9 Å². The van der Waals surface area contributed by atoms with Gasteiger partial charge in [0.05, 0.1) is 11.7 Å². The fourth-order valence-corrected chi connectivity index (χ4v) is 2.53. The van der Waals surface area contributed by atoms with Crippen molar-refractivity contribution in [3.05, 3.63) is 78.3 Å². The minimum Gasteiger partial charge on any atom is -0.461 e. The second-order valence-corrected chi connectivity index (χ2v) is 5.68. The molecule has 0 spiro atoms. The van der Waals surface area contributed by atoms with E-state index in [0.29, 0.717) is 12.8 Å². The lowest BCUT2D eigenvalue weighted by atomic mass is 10.2. The molecule has 0 aliphatic carbocycles. The third-order valence-electron chi connectivity index (χ3n) is 3.83. The highest BCUT2D eigenvalue weighted by Crippen LogP contribution is 2.22. The number of amides is 1. The van der Waals surface area contributed by atoms with Crippen molar-refractivity contribution in [3.63, 3.8) is 0 Å². The molecule has 1 aromatic carbocycles. The number of rotatable bonds is 6. The summed E-state index contributed by atoms with van der Waals surface area (Å²) in [6, 6.07) is 19.4. The molecule has 0 saturated carbocycles. The molecule has 4 heteroatoms. The molecular weight excluding hydrogens is 300 g/mol. The van der Waals surface area contributed by atoms with Crippen molar-refractivity contribution in [3.8, 4) is 11.3 Å². The Balaban J connectivity index is 1.53. The Bertz CT molecular complexity index is 782. The molecular formula is C20H20N2O2. The Morgan fingerprint density at radius 3 is 2.62 bits per heavy atom. The monoisotopic (exact) mass is 320 g/mol. The predicted octanol–water partition coefficient (Wildman–Crippen LogP) is 4.15. The number of furan rings is 1. The molecule has 0 unspecified atom stereocenters. The van der Waals surface area contributed by atoms with E-state index in [1.165, 1.54) is 0 Å². The van der Waals surface area contributed by atoms with Crippen LogP contribution in [0.4, 0.5) is 0 Å². The molecule has 0 bridgehead atoms. The zero-order valence-corrected chi connectivity index (χ0v) is 13.6. The van der Waals surface area contributed by atoms with Gasteiger partial charge in [-0.25, -0.2) is 0 Å². The number of benzene rings is 1. The molecule has 24 heavy (non-hydrogen) atoms. The lowest BCUT2D eigenvalue weighted by Crippen LogP contribution is -2.27. The van der Waals surface area contributed by atoms with Gasteiger partial charge in [0.15, 0.2) is 0 Å². The Labute approximate surface area is 141 Å². The van der Waals surface area contributed by atoms with Gasteiger partial charge in [0, 0.05) is 24.6 Å². The smallest absolute Gasteiger partial charge is 0.220 e. The number of hydrogen-bond acceptors (Lipinski definition) is 3. The molecule has 0 aliphatic rings. The van der Waals surface area contributed by atoms with E-state index in [4.69, 9.17) is 4.42 Å². The van der Waals surface area contributed by atoms with Gasteiger partial charge in [0.25, 0.3) is 0 Å². The second-order valence-electron chi connectivity index (χ2n) is 5.68. The van der Waals surface area contributed by atoms with Crippen LogP contribution in [0.5, 0.6) is 0 Å². The number of aryl methyl sites for hydroxylation is 1. The van der Waals surface area contributed by atoms with Gasteiger partial charge in [-0.05, 0) is 31.2 Å². The number of aromatic nitrogens is 1. The van der Waals surface area contributed by atoms with Gasteiger partial charge in [-0.3, -0.25) is 9.78 Å². The molecule has 0 aliphatic heterocycles. The van der Waals surface area contributed by atoms with Gasteiger partial charge >= 0.3 is 0 Å². The summed E-state index contributed by atoms with van der Waals surface area (Å²) in [5.41, 5.74) is 1.90. The van der Waals surface area contributed by atoms with E-state index < -0.39 is 0 Å². The van der Waals surface area contributed by atoms with Gasteiger partial charge in [0.2, 0.25) is 5.91 Å². The van der Waals surface area contributed by atoms with Crippen molar-refractivity contribution in [2.75, 3.05) is 0 Å². The van der Waals surface area contributed by atoms with E-state index >= 15 is 0 Å². The first-order valence-corrected chi connectivity index (χ1v) is 8.07. The topological polar surface area (TPSA) is 55.1 Å². The average molecular weight is 320 g/mol. The molecule has 0 radical (unpaired) electrons. The maximum Gasteiger partial charge on any atom is 0.220 e. The SMILES string of the molecule is C[C@H](NC(=O)CCc1ccc(-c2ccccc2)o1)c1ccccn1. The van der Waals surface area contributed by atoms with Crippen LogP contribution in [-0.2, 0) is 11.2 Å². The van der Waals surface area contributed by atoms with Gasteiger partial charge < -0.3 is 9.73 Å². The molecule has 3 rings (SSSR count). The van der Waals surface area contributed by atoms with Crippen LogP contribution in [0.25, 0.3) is 11.3 Å². The first-order valence-electron chi connectivity index (χ1n) is 8.07. The lowest BCUT2D eigenvalue weighted by Gasteiger charge is -2.12. The molecule has 3 aromatic rings. The summed E-state index contributed by atoms with van der Waals surface area (Å²) in [4.78, 5) is 16.4. The molecule has 1 amide bonds. The zero-order valence-electron chi connectivity index (χ0n) is 13.6. The Morgan fingerprint density at radius 1 is 1.08 bits per heavy atom. The Hall–Kier alpha value is -2.88. The molecule has 4 nitrogen and oxygen atoms in total. The number of carbonyl (C=O) groups is 1. The van der Waals surface area contributed by atoms with Crippen LogP contribution in [0.1, 0.15) is 30.8 Å². The number of pyridine rings is 1. The summed E-state index contributed by atoms with van der Waals surface area (Å²) in [7, 11) is 0. The van der Waals surface area contributed by atoms with E-state index in [1.54, 1.807) is 6.20 Å². The zero-order chi connectivity index (χ0) is 16.8. The minimum absolute atomic E-state index is 0.00851. The molecule has 1 N–H and O–H groups in total. The van der Waals surface area contributed by atoms with Gasteiger partial charge in [0.1, 0.15) is 11.5 Å². The lowest BCUT2D eigenvalue weighted by molar-refractivity contribution is -0.121. The van der Waals surface area contributed by atoms with Crippen molar-refractivity contribution < 1.29 is 9.21 Å². The summed E-state index contributed by atoms with van der Waals surface area (Å²) in [6.07, 6.45) is 2.69. The van der Waals surface area contributed by atoms with Crippen LogP contribution >= 0.6 is 0 Å². The highest BCUT2D eigenvalue weighted by Gasteiger charge is 2.11. The van der Waals surface area contributed by atoms with E-state index in [1.807, 2.05) is 67.6 Å². The number of nitrogens with one attached hydrogen (secondary N) is 1. The van der Waals surface area contributed by atoms with E-state index in [2.05, 4.69) is 10.3 Å². The van der Waals surface area contributed by atoms with E-state index in [-0.39, 0.29) is 11.9 Å². The number of hydrogen-bond donors (Lipinski definition) is 1. The van der Waals surface area contributed by atoms with Crippen molar-refractivity contribution in [1.82, 2.24) is 10.3 Å². The molecule has 0 fully saturated rings. The van der Waals surface area contributed by atoms with E-state index in [0.717, 1.165) is 22.8 Å². The highest BCUT2D eigenvalue weighted by molar-refractivity contribution is 5.76. The minimum atomic E-state index is -0.102. The average Bonchev–Trinajstić information content (AvgIpc) is 3.10. The summed E-state index contributed by atoms with van der Waals surface area (Å²) < 4.78 is 5.82. The Morgan fingerprint density at radius 2 is 1.88 bits per heavy atom. The Kier molecular flexibility index (Phi) is 5.06. The van der Waals surface area contributed by atoms with Crippen molar-refractivity contribution >= 4 is 5.91 Å². The summed E-state index contributed by atoms with van der Waals surface area (Å²) >= 11 is 0. The summed E-state index contributed by atoms with van der Waals surface area (Å²) in [6.45, 7) is 1.93. The number of carbonyl (C=O) groups excluding carboxylic acids is 1. The number of nitrogens with zero attached hydrogens (tertiary/aromatic N) is 1. The normalized spacial score (nSPS) is 11.9. The van der Waals surface area contributed by atoms with Crippen LogP contribution in [0.15, 0.2) is 71.3 Å². The third-order valence-corrected chi connectivity index (χ3v) is 3.83. The largest absolute Gasteiger partial charge is 0.461 e. The van der Waals surface area contributed by atoms with Crippen molar-refractivity contribution in [2.24, 2.45) is 0 Å². The molecule has 122 valence electrons. The van der Waals surface area contributed by atoms with Gasteiger partial charge in [-0.15, -0.1) is 0 Å². The molecule has 1 atom stereocenters. The fraction of sp³-hybridized carbons (Fsp3) is 0.200. The molecule has 2 heterocycles. The maximum absolute atomic E-state index is 12.1. The van der Waals surface area contributed by atoms with Crippen LogP contribution in [0.3, 0.4) is 0 Å². The highest BCUT2D eigenvalue weighted by atomic mass is 16.3. The molecule has 0 saturated heterocycles. The van der Waals surface area contributed by atoms with Crippen LogP contribution < -0.4 is 5.32 Å². The second kappa shape index (κ2) is 7.59. The van der Waals surface area contributed by atoms with Gasteiger partial charge in [-0.1, -0.05) is 36.4 Å². The first-order chi connectivity index (χ1) is 11.7. The van der Waals surface area contributed by atoms with Crippen LogP contribution in [0.2, 0.25) is 0 Å². The van der Waals surface area contributed by atoms with Gasteiger partial charge in [-0.2, -0.15) is 0 Å². The van der Waals surface area contributed by atoms with Crippen molar-refractivity contribution in [1.29, 1.82) is 0 Å². The fourth-order valence-electron chi connectivity index (χ4n) is 2.53. The standard InChI is InChI=1S/C20H20N2O2/c1-15(18-9-5-6-14-21-18)22-20(23)13-11-17-10-12-19(24-17)16-7-3-2-4-8-16/h2-10,12,14-15H,11,13H2,1H3,(H,22,23)/t15-/m0/s1. The quantitative estimate of drug-likeness (QED) is 0.742. The van der Waals surface area contributed by atoms with Crippen LogP contribution in [0, 0.1) is 0 Å². The van der Waals surface area contributed by atoms with E-state index in [9.17, 15) is 4.79 Å². The summed E-state index contributed by atoms with van der Waals surface area (Å²) in [5.74, 6) is 1.63. The predicted molar refractivity (Wildman–Crippen MR) is 93.3 cm³/mol. The summed E-state index contributed by atoms with van der Waals surface area (Å²) in [5, 5.41) is 2.96. The first kappa shape index (κ1) is 16.0. The third kappa shape index (κ3) is 4.10.